The Labute approximate surface area is 572 Å². The molecule has 0 unspecified atom stereocenters. The second-order valence-electron chi connectivity index (χ2n) is 26.7. The van der Waals surface area contributed by atoms with Crippen molar-refractivity contribution in [3.8, 4) is 56.3 Å². The van der Waals surface area contributed by atoms with Crippen LogP contribution in [-0.2, 0) is 20.3 Å². The average Bonchev–Trinajstić information content (AvgIpc) is 1.56. The number of fused-ring (bicyclic) bond motifs is 6. The average molecular weight is 1330 g/mol. The number of carbonyl (C=O) groups is 2. The number of piperazine rings is 1. The molecule has 1 amide bonds. The van der Waals surface area contributed by atoms with Crippen molar-refractivity contribution < 1.29 is 47.7 Å². The first-order chi connectivity index (χ1) is 45.9. The van der Waals surface area contributed by atoms with Crippen LogP contribution in [0, 0.1) is 41.5 Å². The van der Waals surface area contributed by atoms with Crippen LogP contribution in [0.5, 0.6) is 11.5 Å². The van der Waals surface area contributed by atoms with Gasteiger partial charge in [-0.1, -0.05) is 87.0 Å². The molecule has 22 heteroatoms. The van der Waals surface area contributed by atoms with E-state index in [1.54, 1.807) is 26.4 Å². The van der Waals surface area contributed by atoms with E-state index in [2.05, 4.69) is 94.8 Å². The molecule has 4 aliphatic rings. The minimum atomic E-state index is -0.978. The minimum Gasteiger partial charge on any atom is -0.496 e. The number of nitrogens with zero attached hydrogens (tertiary/aromatic N) is 9. The smallest absolute Gasteiger partial charge is 0.335 e. The molecule has 10 heterocycles. The van der Waals surface area contributed by atoms with Gasteiger partial charge in [0.15, 0.2) is 0 Å². The number of piperidine rings is 1. The molecule has 4 fully saturated rings. The van der Waals surface area contributed by atoms with E-state index in [1.807, 2.05) is 90.6 Å². The number of nitrogens with one attached hydrogen (secondary N) is 2. The Hall–Kier alpha value is -8.54. The van der Waals surface area contributed by atoms with Gasteiger partial charge in [0.25, 0.3) is 13.9 Å². The van der Waals surface area contributed by atoms with Gasteiger partial charge in [-0.3, -0.25) is 14.6 Å². The molecule has 0 bridgehead atoms. The van der Waals surface area contributed by atoms with Crippen molar-refractivity contribution in [2.75, 3.05) is 79.9 Å². The van der Waals surface area contributed by atoms with Gasteiger partial charge in [0.1, 0.15) is 46.0 Å². The van der Waals surface area contributed by atoms with E-state index in [9.17, 15) is 14.7 Å². The van der Waals surface area contributed by atoms with E-state index in [0.717, 1.165) is 151 Å². The van der Waals surface area contributed by atoms with Crippen LogP contribution in [0.15, 0.2) is 69.7 Å². The standard InChI is InChI=1S/C35H40N6O4.C28H28N4O4.C8H15NO.C2H6.2CH4.BH2O/c1-19-30(20(2)45-39-19)27-15-28-26(16-29(27)43-7)31-32(36-21(3)37-33(31)38-28)22-12-23(14-24(13-22)35(4,5)6)34(42)41-10-8-40(9-11-41)25-17-44-18-25;1-13-23(14(2)36-32-13)20-11-21-19(12-22(20)35-7)24-25(29-15(3)30-26(24)31-21)16-8-17(27(33)34)10-18(9-16)28(4,5)6;1-2-4-9(5-3-1)8-6-10-7-8;1-2;;;1-2/h12-16,25H,8-11,17-18H2,1-7H3,(H,36,37,38);8-12H,1-7H3,(H,33,34)(H,29,30,31);8H,1-7H2;1-2H3;2*1H4;1-2H/i;;;;;;1T. The molecule has 0 spiro atoms. The molecule has 14 rings (SSSR count). The summed E-state index contributed by atoms with van der Waals surface area (Å²) in [6.45, 7) is 37.4. The lowest BCUT2D eigenvalue weighted by atomic mass is 9.84. The molecule has 21 nitrogen and oxygen atoms in total. The number of likely N-dealkylation sites (tertiary alicyclic amines) is 1. The number of benzene rings is 4. The second-order valence-corrected chi connectivity index (χ2v) is 26.7. The van der Waals surface area contributed by atoms with Gasteiger partial charge in [0.2, 0.25) is 0 Å². The minimum absolute atomic E-state index is 0. The summed E-state index contributed by atoms with van der Waals surface area (Å²) in [5.41, 5.74) is 13.8. The molecular formula is C75H99BN11O10. The summed E-state index contributed by atoms with van der Waals surface area (Å²) in [7, 11) is 3.55. The molecule has 1 radical (unpaired) electrons. The number of aromatic nitrogens is 8. The Balaban J connectivity index is 0.000000206. The van der Waals surface area contributed by atoms with Gasteiger partial charge in [-0.15, -0.1) is 0 Å². The maximum atomic E-state index is 14.0. The van der Waals surface area contributed by atoms with Crippen LogP contribution in [0.25, 0.3) is 88.6 Å². The van der Waals surface area contributed by atoms with Crippen LogP contribution in [0.2, 0.25) is 0 Å². The SMILES string of the molecule is C.C.C1CCN(C2COC2)CC1.CC.COc1cc2c(cc1-c1c(C)noc1C)[nH]c1nc(C)nc(-c3cc(C(=O)N4CCN(C5COC5)CC4)cc(C(C)(C)C)c3)c12.COc1cc2c(cc1-c1c(C)noc1C)[nH]c1nc(C)nc(-c3cc(C(=O)O)cc(C(C)(C)C)c3)c12.[3H][B]O. The molecule has 97 heavy (non-hydrogen) atoms. The largest absolute Gasteiger partial charge is 0.496 e. The van der Waals surface area contributed by atoms with E-state index < -0.39 is 5.97 Å². The molecule has 4 N–H and O–H groups in total. The molecule has 517 valence electrons. The molecular weight excluding hydrogens is 1230 g/mol. The van der Waals surface area contributed by atoms with Gasteiger partial charge in [-0.25, -0.2) is 24.7 Å². The van der Waals surface area contributed by atoms with Crippen molar-refractivity contribution in [3.05, 3.63) is 117 Å². The summed E-state index contributed by atoms with van der Waals surface area (Å²) in [5, 5.41) is 28.7. The number of carboxylic acid groups (broad SMARTS) is 1. The molecule has 0 saturated carbocycles. The number of carbonyl (C=O) groups excluding carboxylic acids is 1. The highest BCUT2D eigenvalue weighted by Gasteiger charge is 2.33. The van der Waals surface area contributed by atoms with Crippen LogP contribution in [-0.4, -0.2) is 178 Å². The monoisotopic (exact) mass is 1330 g/mol. The molecule has 0 aliphatic carbocycles. The lowest BCUT2D eigenvalue weighted by molar-refractivity contribution is -0.0746. The zero-order valence-corrected chi connectivity index (χ0v) is 57.9. The quantitative estimate of drug-likeness (QED) is 0.0928. The van der Waals surface area contributed by atoms with Gasteiger partial charge in [0.05, 0.1) is 103 Å². The number of ether oxygens (including phenoxy) is 4. The lowest BCUT2D eigenvalue weighted by Gasteiger charge is -2.42. The van der Waals surface area contributed by atoms with Crippen molar-refractivity contribution in [3.63, 3.8) is 0 Å². The first-order valence-corrected chi connectivity index (χ1v) is 32.8. The zero-order valence-electron chi connectivity index (χ0n) is 58.9. The Morgan fingerprint density at radius 2 is 0.979 bits per heavy atom. The Kier molecular flexibility index (Phi) is 23.2. The summed E-state index contributed by atoms with van der Waals surface area (Å²) in [5.74, 6) is 3.11. The molecule has 6 aromatic heterocycles. The molecule has 4 aromatic carbocycles. The normalized spacial score (nSPS) is 15.4. The number of aryl methyl sites for hydroxylation is 6. The molecule has 0 atom stereocenters. The van der Waals surface area contributed by atoms with Crippen LogP contribution in [0.4, 0.5) is 0 Å². The number of amides is 1. The first kappa shape index (κ1) is 72.7. The summed E-state index contributed by atoms with van der Waals surface area (Å²) < 4.78 is 38.7. The third-order valence-electron chi connectivity index (χ3n) is 18.3. The van der Waals surface area contributed by atoms with Crippen molar-refractivity contribution in [1.82, 2.24) is 54.9 Å². The fourth-order valence-corrected chi connectivity index (χ4v) is 13.0. The third kappa shape index (κ3) is 15.4. The van der Waals surface area contributed by atoms with E-state index in [-0.39, 0.29) is 45.2 Å². The number of carboxylic acids is 1. The molecule has 4 saturated heterocycles. The fraction of sp³-hybridized carbons (Fsp3) is 0.467. The van der Waals surface area contributed by atoms with E-state index in [4.69, 9.17) is 49.3 Å². The zero-order chi connectivity index (χ0) is 69.1. The topological polar surface area (TPSA) is 256 Å². The predicted octanol–water partition coefficient (Wildman–Crippen LogP) is 14.1. The van der Waals surface area contributed by atoms with Gasteiger partial charge in [-0.05, 0) is 150 Å². The summed E-state index contributed by atoms with van der Waals surface area (Å²) in [4.78, 5) is 59.2. The highest BCUT2D eigenvalue weighted by molar-refractivity contribution is 6.15. The Morgan fingerprint density at radius 3 is 1.34 bits per heavy atom. The summed E-state index contributed by atoms with van der Waals surface area (Å²) in [6, 6.07) is 21.0. The van der Waals surface area contributed by atoms with Gasteiger partial charge in [-0.2, -0.15) is 0 Å². The Bertz CT molecular complexity index is 4410. The van der Waals surface area contributed by atoms with Gasteiger partial charge < -0.3 is 53.0 Å². The summed E-state index contributed by atoms with van der Waals surface area (Å²) in [6.07, 6.45) is 4.23. The Morgan fingerprint density at radius 1 is 0.577 bits per heavy atom. The fourth-order valence-electron chi connectivity index (χ4n) is 13.0. The number of methoxy groups -OCH3 is 2. The van der Waals surface area contributed by atoms with E-state index in [1.165, 1.54) is 32.4 Å². The maximum Gasteiger partial charge on any atom is 0.335 e. The lowest BCUT2D eigenvalue weighted by Crippen LogP contribution is -2.57. The van der Waals surface area contributed by atoms with Crippen LogP contribution < -0.4 is 9.47 Å². The molecule has 10 aromatic rings. The van der Waals surface area contributed by atoms with E-state index in [0.29, 0.717) is 64.9 Å². The van der Waals surface area contributed by atoms with Crippen molar-refractivity contribution >= 4 is 63.8 Å². The van der Waals surface area contributed by atoms with Crippen LogP contribution >= 0.6 is 0 Å². The number of hydrogen-bond acceptors (Lipinski definition) is 17. The van der Waals surface area contributed by atoms with Crippen molar-refractivity contribution in [2.45, 2.75) is 154 Å². The third-order valence-corrected chi connectivity index (χ3v) is 18.3. The van der Waals surface area contributed by atoms with Crippen molar-refractivity contribution in [2.24, 2.45) is 0 Å². The molecule has 4 aliphatic heterocycles. The second kappa shape index (κ2) is 30.9. The number of aromatic carboxylic acids is 1. The summed E-state index contributed by atoms with van der Waals surface area (Å²) >= 11 is 0. The van der Waals surface area contributed by atoms with Gasteiger partial charge in [0, 0.05) is 77.1 Å². The maximum absolute atomic E-state index is 14.0. The predicted molar refractivity (Wildman–Crippen MR) is 387 cm³/mol. The van der Waals surface area contributed by atoms with Crippen LogP contribution in [0.3, 0.4) is 0 Å². The van der Waals surface area contributed by atoms with Crippen LogP contribution in [0.1, 0.15) is 156 Å². The number of H-pyrrole nitrogens is 2. The van der Waals surface area contributed by atoms with Crippen molar-refractivity contribution in [1.29, 1.82) is 1.34 Å². The number of hydrogen-bond donors (Lipinski definition) is 4. The first-order valence-electron chi connectivity index (χ1n) is 33.4. The highest BCUT2D eigenvalue weighted by Crippen LogP contribution is 2.45. The highest BCUT2D eigenvalue weighted by atomic mass is 16.5. The van der Waals surface area contributed by atoms with Gasteiger partial charge >= 0.3 is 5.97 Å². The van der Waals surface area contributed by atoms with E-state index >= 15 is 0 Å². The number of rotatable bonds is 10. The number of aromatic amines is 2.